The second-order valence-electron chi connectivity index (χ2n) is 2.01. The molecule has 0 aliphatic rings. The van der Waals surface area contributed by atoms with E-state index < -0.39 is 0 Å². The standard InChI is InChI=1S/C6H15NO.ClH/c1-4-6(7)5(2)8-3;/h5-6H,4,7H2,1-3H3;1H. The number of rotatable bonds is 3. The van der Waals surface area contributed by atoms with Crippen molar-refractivity contribution in [3.63, 3.8) is 0 Å². The number of halogens is 1. The average Bonchev–Trinajstić information content (AvgIpc) is 1.84. The van der Waals surface area contributed by atoms with Gasteiger partial charge in [-0.1, -0.05) is 6.92 Å². The summed E-state index contributed by atoms with van der Waals surface area (Å²) in [6, 6.07) is 0.194. The first-order chi connectivity index (χ1) is 3.72. The maximum atomic E-state index is 5.60. The van der Waals surface area contributed by atoms with E-state index in [0.29, 0.717) is 0 Å². The molecule has 0 aliphatic heterocycles. The predicted molar refractivity (Wildman–Crippen MR) is 42.0 cm³/mol. The molecule has 0 saturated heterocycles. The summed E-state index contributed by atoms with van der Waals surface area (Å²) in [5.74, 6) is 0. The Morgan fingerprint density at radius 2 is 2.00 bits per heavy atom. The van der Waals surface area contributed by atoms with Crippen molar-refractivity contribution in [1.29, 1.82) is 0 Å². The lowest BCUT2D eigenvalue weighted by molar-refractivity contribution is 0.0944. The number of hydrogen-bond acceptors (Lipinski definition) is 2. The third-order valence-corrected chi connectivity index (χ3v) is 1.45. The van der Waals surface area contributed by atoms with Crippen LogP contribution in [0.3, 0.4) is 0 Å². The molecular weight excluding hydrogens is 138 g/mol. The Kier molecular flexibility index (Phi) is 8.40. The van der Waals surface area contributed by atoms with Crippen LogP contribution in [0.5, 0.6) is 0 Å². The summed E-state index contributed by atoms with van der Waals surface area (Å²) in [6.45, 7) is 4.04. The minimum absolute atomic E-state index is 0. The summed E-state index contributed by atoms with van der Waals surface area (Å²) in [6.07, 6.45) is 1.18. The zero-order valence-electron chi connectivity index (χ0n) is 6.26. The van der Waals surface area contributed by atoms with E-state index in [2.05, 4.69) is 6.92 Å². The van der Waals surface area contributed by atoms with Crippen LogP contribution in [0.25, 0.3) is 0 Å². The highest BCUT2D eigenvalue weighted by Gasteiger charge is 2.06. The van der Waals surface area contributed by atoms with Crippen molar-refractivity contribution in [2.75, 3.05) is 7.11 Å². The minimum Gasteiger partial charge on any atom is -0.380 e. The number of ether oxygens (including phenoxy) is 1. The molecule has 0 aliphatic carbocycles. The Morgan fingerprint density at radius 1 is 1.56 bits per heavy atom. The van der Waals surface area contributed by atoms with Gasteiger partial charge in [-0.25, -0.2) is 0 Å². The third kappa shape index (κ3) is 4.70. The van der Waals surface area contributed by atoms with Gasteiger partial charge in [0, 0.05) is 13.2 Å². The van der Waals surface area contributed by atoms with E-state index in [9.17, 15) is 0 Å². The smallest absolute Gasteiger partial charge is 0.0693 e. The summed E-state index contributed by atoms with van der Waals surface area (Å²) in [5.41, 5.74) is 5.60. The highest BCUT2D eigenvalue weighted by atomic mass is 35.5. The highest BCUT2D eigenvalue weighted by molar-refractivity contribution is 5.85. The van der Waals surface area contributed by atoms with Crippen molar-refractivity contribution in [2.45, 2.75) is 32.4 Å². The van der Waals surface area contributed by atoms with Gasteiger partial charge in [-0.2, -0.15) is 0 Å². The summed E-state index contributed by atoms with van der Waals surface area (Å²) in [7, 11) is 1.68. The third-order valence-electron chi connectivity index (χ3n) is 1.45. The second-order valence-corrected chi connectivity index (χ2v) is 2.01. The van der Waals surface area contributed by atoms with Crippen LogP contribution in [0, 0.1) is 0 Å². The van der Waals surface area contributed by atoms with Gasteiger partial charge in [-0.15, -0.1) is 12.4 Å². The van der Waals surface area contributed by atoms with E-state index in [-0.39, 0.29) is 24.6 Å². The molecule has 0 bridgehead atoms. The van der Waals surface area contributed by atoms with Crippen molar-refractivity contribution in [3.8, 4) is 0 Å². The molecule has 2 unspecified atom stereocenters. The summed E-state index contributed by atoms with van der Waals surface area (Å²) >= 11 is 0. The molecular formula is C6H16ClNO. The molecule has 0 saturated carbocycles. The monoisotopic (exact) mass is 153 g/mol. The van der Waals surface area contributed by atoms with Crippen LogP contribution in [0.15, 0.2) is 0 Å². The Balaban J connectivity index is 0. The predicted octanol–water partition coefficient (Wildman–Crippen LogP) is 1.18. The van der Waals surface area contributed by atoms with Crippen molar-refractivity contribution >= 4 is 12.4 Å². The number of nitrogens with two attached hydrogens (primary N) is 1. The lowest BCUT2D eigenvalue weighted by Crippen LogP contribution is -2.32. The van der Waals surface area contributed by atoms with Gasteiger partial charge >= 0.3 is 0 Å². The first kappa shape index (κ1) is 11.9. The van der Waals surface area contributed by atoms with Gasteiger partial charge in [0.15, 0.2) is 0 Å². The molecule has 2 atom stereocenters. The molecule has 58 valence electrons. The van der Waals surface area contributed by atoms with Crippen molar-refractivity contribution in [2.24, 2.45) is 5.73 Å². The molecule has 0 spiro atoms. The maximum Gasteiger partial charge on any atom is 0.0693 e. The molecule has 0 radical (unpaired) electrons. The van der Waals surface area contributed by atoms with E-state index in [1.807, 2.05) is 6.92 Å². The van der Waals surface area contributed by atoms with Gasteiger partial charge in [0.1, 0.15) is 0 Å². The largest absolute Gasteiger partial charge is 0.380 e. The molecule has 0 aromatic carbocycles. The summed E-state index contributed by atoms with van der Waals surface area (Å²) in [5, 5.41) is 0. The van der Waals surface area contributed by atoms with Gasteiger partial charge < -0.3 is 10.5 Å². The molecule has 0 fully saturated rings. The van der Waals surface area contributed by atoms with Crippen LogP contribution in [0.4, 0.5) is 0 Å². The normalized spacial score (nSPS) is 16.0. The maximum absolute atomic E-state index is 5.60. The number of methoxy groups -OCH3 is 1. The van der Waals surface area contributed by atoms with Crippen molar-refractivity contribution in [3.05, 3.63) is 0 Å². The van der Waals surface area contributed by atoms with E-state index in [0.717, 1.165) is 6.42 Å². The number of hydrogen-bond donors (Lipinski definition) is 1. The topological polar surface area (TPSA) is 35.2 Å². The Hall–Kier alpha value is 0.210. The van der Waals surface area contributed by atoms with Gasteiger partial charge in [0.05, 0.1) is 6.10 Å². The average molecular weight is 154 g/mol. The summed E-state index contributed by atoms with van der Waals surface area (Å²) < 4.78 is 4.98. The molecule has 0 aromatic heterocycles. The molecule has 3 heteroatoms. The molecule has 0 aromatic rings. The minimum atomic E-state index is 0. The van der Waals surface area contributed by atoms with Crippen molar-refractivity contribution in [1.82, 2.24) is 0 Å². The quantitative estimate of drug-likeness (QED) is 0.661. The molecule has 2 N–H and O–H groups in total. The zero-order valence-corrected chi connectivity index (χ0v) is 7.07. The molecule has 0 rings (SSSR count). The Bertz CT molecular complexity index is 53.0. The van der Waals surface area contributed by atoms with E-state index >= 15 is 0 Å². The molecule has 0 heterocycles. The van der Waals surface area contributed by atoms with Crippen LogP contribution in [-0.4, -0.2) is 19.3 Å². The van der Waals surface area contributed by atoms with Crippen LogP contribution in [-0.2, 0) is 4.74 Å². The molecule has 9 heavy (non-hydrogen) atoms. The van der Waals surface area contributed by atoms with Gasteiger partial charge in [-0.3, -0.25) is 0 Å². The van der Waals surface area contributed by atoms with Crippen LogP contribution < -0.4 is 5.73 Å². The lowest BCUT2D eigenvalue weighted by atomic mass is 10.1. The Labute approximate surface area is 63.2 Å². The summed E-state index contributed by atoms with van der Waals surface area (Å²) in [4.78, 5) is 0. The first-order valence-corrected chi connectivity index (χ1v) is 3.00. The highest BCUT2D eigenvalue weighted by Crippen LogP contribution is 1.96. The van der Waals surface area contributed by atoms with Gasteiger partial charge in [-0.05, 0) is 13.3 Å². The van der Waals surface area contributed by atoms with E-state index in [1.165, 1.54) is 0 Å². The van der Waals surface area contributed by atoms with Crippen molar-refractivity contribution < 1.29 is 4.74 Å². The van der Waals surface area contributed by atoms with E-state index in [1.54, 1.807) is 7.11 Å². The fraction of sp³-hybridized carbons (Fsp3) is 1.00. The SMILES string of the molecule is CCC(N)C(C)OC.Cl. The van der Waals surface area contributed by atoms with Crippen LogP contribution >= 0.6 is 12.4 Å². The van der Waals surface area contributed by atoms with Gasteiger partial charge in [0.25, 0.3) is 0 Å². The fourth-order valence-corrected chi connectivity index (χ4v) is 0.507. The first-order valence-electron chi connectivity index (χ1n) is 3.00. The van der Waals surface area contributed by atoms with Crippen LogP contribution in [0.2, 0.25) is 0 Å². The van der Waals surface area contributed by atoms with Crippen LogP contribution in [0.1, 0.15) is 20.3 Å². The fourth-order valence-electron chi connectivity index (χ4n) is 0.507. The molecule has 2 nitrogen and oxygen atoms in total. The Morgan fingerprint density at radius 3 is 2.11 bits per heavy atom. The lowest BCUT2D eigenvalue weighted by Gasteiger charge is -2.15. The van der Waals surface area contributed by atoms with Gasteiger partial charge in [0.2, 0.25) is 0 Å². The van der Waals surface area contributed by atoms with E-state index in [4.69, 9.17) is 10.5 Å². The zero-order chi connectivity index (χ0) is 6.57. The molecule has 0 amide bonds. The second kappa shape index (κ2) is 6.33.